The fourth-order valence-electron chi connectivity index (χ4n) is 2.54. The van der Waals surface area contributed by atoms with Crippen LogP contribution in [0.3, 0.4) is 0 Å². The van der Waals surface area contributed by atoms with Crippen LogP contribution in [0.15, 0.2) is 53.9 Å². The number of anilines is 1. The second-order valence-electron chi connectivity index (χ2n) is 6.00. The van der Waals surface area contributed by atoms with Crippen molar-refractivity contribution in [2.75, 3.05) is 19.0 Å². The minimum absolute atomic E-state index is 0.0226. The number of aromatic nitrogens is 1. The predicted molar refractivity (Wildman–Crippen MR) is 109 cm³/mol. The molecule has 0 fully saturated rings. The SMILES string of the molecule is COc1ccc(OCCCC(=O)Nc2ccc(-c3csc(C)n3)cc2)cc1. The van der Waals surface area contributed by atoms with Gasteiger partial charge in [-0.1, -0.05) is 12.1 Å². The van der Waals surface area contributed by atoms with Gasteiger partial charge in [0.25, 0.3) is 0 Å². The van der Waals surface area contributed by atoms with Crippen molar-refractivity contribution in [3.63, 3.8) is 0 Å². The molecular formula is C21H22N2O3S. The second-order valence-corrected chi connectivity index (χ2v) is 7.07. The van der Waals surface area contributed by atoms with Crippen molar-refractivity contribution in [2.45, 2.75) is 19.8 Å². The van der Waals surface area contributed by atoms with Crippen LogP contribution in [-0.2, 0) is 4.79 Å². The van der Waals surface area contributed by atoms with Crippen LogP contribution in [0.1, 0.15) is 17.8 Å². The maximum absolute atomic E-state index is 12.1. The zero-order valence-electron chi connectivity index (χ0n) is 15.4. The number of amides is 1. The molecule has 27 heavy (non-hydrogen) atoms. The Bertz CT molecular complexity index is 873. The third-order valence-corrected chi connectivity index (χ3v) is 4.73. The summed E-state index contributed by atoms with van der Waals surface area (Å²) in [5, 5.41) is 5.99. The van der Waals surface area contributed by atoms with E-state index in [0.29, 0.717) is 19.4 Å². The molecular weight excluding hydrogens is 360 g/mol. The Hall–Kier alpha value is -2.86. The van der Waals surface area contributed by atoms with Crippen LogP contribution in [0.2, 0.25) is 0 Å². The topological polar surface area (TPSA) is 60.5 Å². The number of methoxy groups -OCH3 is 1. The number of rotatable bonds is 8. The molecule has 0 atom stereocenters. The molecule has 140 valence electrons. The van der Waals surface area contributed by atoms with E-state index in [1.807, 2.05) is 60.8 Å². The highest BCUT2D eigenvalue weighted by molar-refractivity contribution is 7.09. The minimum atomic E-state index is -0.0226. The lowest BCUT2D eigenvalue weighted by atomic mass is 10.1. The molecule has 1 aromatic heterocycles. The summed E-state index contributed by atoms with van der Waals surface area (Å²) in [7, 11) is 1.63. The molecule has 0 radical (unpaired) electrons. The van der Waals surface area contributed by atoms with E-state index in [1.54, 1.807) is 18.4 Å². The molecule has 0 saturated heterocycles. The molecule has 0 spiro atoms. The molecule has 0 saturated carbocycles. The van der Waals surface area contributed by atoms with Crippen molar-refractivity contribution in [3.8, 4) is 22.8 Å². The Morgan fingerprint density at radius 2 is 1.78 bits per heavy atom. The summed E-state index contributed by atoms with van der Waals surface area (Å²) in [4.78, 5) is 16.5. The van der Waals surface area contributed by atoms with Crippen LogP contribution >= 0.6 is 11.3 Å². The average Bonchev–Trinajstić information content (AvgIpc) is 3.13. The number of carbonyl (C=O) groups excluding carboxylic acids is 1. The van der Waals surface area contributed by atoms with Crippen molar-refractivity contribution < 1.29 is 14.3 Å². The van der Waals surface area contributed by atoms with Crippen LogP contribution in [0.4, 0.5) is 5.69 Å². The van der Waals surface area contributed by atoms with Crippen molar-refractivity contribution in [2.24, 2.45) is 0 Å². The summed E-state index contributed by atoms with van der Waals surface area (Å²) in [6.45, 7) is 2.48. The third-order valence-electron chi connectivity index (χ3n) is 3.96. The van der Waals surface area contributed by atoms with Gasteiger partial charge >= 0.3 is 0 Å². The third kappa shape index (κ3) is 5.56. The highest BCUT2D eigenvalue weighted by Gasteiger charge is 2.05. The van der Waals surface area contributed by atoms with E-state index in [4.69, 9.17) is 9.47 Å². The van der Waals surface area contributed by atoms with Gasteiger partial charge in [0.15, 0.2) is 0 Å². The lowest BCUT2D eigenvalue weighted by Gasteiger charge is -2.08. The van der Waals surface area contributed by atoms with Gasteiger partial charge in [-0.15, -0.1) is 11.3 Å². The molecule has 0 aliphatic heterocycles. The molecule has 0 aliphatic rings. The van der Waals surface area contributed by atoms with Gasteiger partial charge in [-0.05, 0) is 49.7 Å². The van der Waals surface area contributed by atoms with Crippen molar-refractivity contribution in [1.29, 1.82) is 0 Å². The Morgan fingerprint density at radius 1 is 1.07 bits per heavy atom. The number of nitrogens with one attached hydrogen (secondary N) is 1. The molecule has 1 amide bonds. The first kappa shape index (κ1) is 18.9. The highest BCUT2D eigenvalue weighted by Crippen LogP contribution is 2.23. The van der Waals surface area contributed by atoms with Gasteiger partial charge in [0.1, 0.15) is 11.5 Å². The second kappa shape index (κ2) is 9.19. The summed E-state index contributed by atoms with van der Waals surface area (Å²) < 4.78 is 10.7. The number of carbonyl (C=O) groups is 1. The zero-order valence-corrected chi connectivity index (χ0v) is 16.2. The molecule has 0 unspecified atom stereocenters. The molecule has 5 nitrogen and oxygen atoms in total. The molecule has 1 N–H and O–H groups in total. The maximum atomic E-state index is 12.1. The van der Waals surface area contributed by atoms with Crippen LogP contribution in [0.5, 0.6) is 11.5 Å². The summed E-state index contributed by atoms with van der Waals surface area (Å²) in [5.41, 5.74) is 2.79. The van der Waals surface area contributed by atoms with Gasteiger partial charge in [0.05, 0.1) is 24.4 Å². The van der Waals surface area contributed by atoms with Crippen molar-refractivity contribution >= 4 is 22.9 Å². The first-order valence-electron chi connectivity index (χ1n) is 8.73. The van der Waals surface area contributed by atoms with Gasteiger partial charge in [0.2, 0.25) is 5.91 Å². The van der Waals surface area contributed by atoms with Crippen molar-refractivity contribution in [1.82, 2.24) is 4.98 Å². The smallest absolute Gasteiger partial charge is 0.224 e. The van der Waals surface area contributed by atoms with E-state index in [-0.39, 0.29) is 5.91 Å². The van der Waals surface area contributed by atoms with Gasteiger partial charge in [-0.25, -0.2) is 4.98 Å². The predicted octanol–water partition coefficient (Wildman–Crippen LogP) is 4.92. The van der Waals surface area contributed by atoms with Crippen LogP contribution < -0.4 is 14.8 Å². The molecule has 6 heteroatoms. The Kier molecular flexibility index (Phi) is 6.44. The van der Waals surface area contributed by atoms with Gasteiger partial charge in [0, 0.05) is 23.1 Å². The first-order chi connectivity index (χ1) is 13.1. The Labute approximate surface area is 163 Å². The van der Waals surface area contributed by atoms with Crippen LogP contribution in [0, 0.1) is 6.92 Å². The van der Waals surface area contributed by atoms with Gasteiger partial charge < -0.3 is 14.8 Å². The molecule has 0 bridgehead atoms. The zero-order chi connectivity index (χ0) is 19.1. The standard InChI is InChI=1S/C21H22N2O3S/c1-15-22-20(14-27-15)16-5-7-17(8-6-16)23-21(24)4-3-13-26-19-11-9-18(25-2)10-12-19/h5-12,14H,3-4,13H2,1-2H3,(H,23,24). The Morgan fingerprint density at radius 3 is 2.41 bits per heavy atom. The molecule has 3 aromatic rings. The summed E-state index contributed by atoms with van der Waals surface area (Å²) in [5.74, 6) is 1.53. The monoisotopic (exact) mass is 382 g/mol. The molecule has 1 heterocycles. The normalized spacial score (nSPS) is 10.4. The minimum Gasteiger partial charge on any atom is -0.497 e. The highest BCUT2D eigenvalue weighted by atomic mass is 32.1. The number of nitrogens with zero attached hydrogens (tertiary/aromatic N) is 1. The first-order valence-corrected chi connectivity index (χ1v) is 9.61. The van der Waals surface area contributed by atoms with E-state index in [0.717, 1.165) is 33.5 Å². The molecule has 3 rings (SSSR count). The van der Waals surface area contributed by atoms with Gasteiger partial charge in [-0.3, -0.25) is 4.79 Å². The van der Waals surface area contributed by atoms with Crippen molar-refractivity contribution in [3.05, 3.63) is 58.9 Å². The van der Waals surface area contributed by atoms with Crippen LogP contribution in [0.25, 0.3) is 11.3 Å². The largest absolute Gasteiger partial charge is 0.497 e. The summed E-state index contributed by atoms with van der Waals surface area (Å²) in [6, 6.07) is 15.1. The average molecular weight is 382 g/mol. The lowest BCUT2D eigenvalue weighted by Crippen LogP contribution is -2.12. The molecule has 0 aliphatic carbocycles. The van der Waals surface area contributed by atoms with E-state index < -0.39 is 0 Å². The number of thiazole rings is 1. The number of benzene rings is 2. The van der Waals surface area contributed by atoms with E-state index >= 15 is 0 Å². The van der Waals surface area contributed by atoms with Gasteiger partial charge in [-0.2, -0.15) is 0 Å². The fraction of sp³-hybridized carbons (Fsp3) is 0.238. The van der Waals surface area contributed by atoms with E-state index in [1.165, 1.54) is 0 Å². The lowest BCUT2D eigenvalue weighted by molar-refractivity contribution is -0.116. The van der Waals surface area contributed by atoms with E-state index in [9.17, 15) is 4.79 Å². The summed E-state index contributed by atoms with van der Waals surface area (Å²) >= 11 is 1.63. The maximum Gasteiger partial charge on any atom is 0.224 e. The quantitative estimate of drug-likeness (QED) is 0.562. The van der Waals surface area contributed by atoms with E-state index in [2.05, 4.69) is 10.3 Å². The molecule has 2 aromatic carbocycles. The summed E-state index contributed by atoms with van der Waals surface area (Å²) in [6.07, 6.45) is 1.05. The fourth-order valence-corrected chi connectivity index (χ4v) is 3.16. The van der Waals surface area contributed by atoms with Crippen LogP contribution in [-0.4, -0.2) is 24.6 Å². The number of aryl methyl sites for hydroxylation is 1. The Balaban J connectivity index is 1.41. The number of hydrogen-bond acceptors (Lipinski definition) is 5. The number of hydrogen-bond donors (Lipinski definition) is 1. The number of ether oxygens (including phenoxy) is 2.